The van der Waals surface area contributed by atoms with Crippen molar-refractivity contribution >= 4 is 29.5 Å². The fourth-order valence-electron chi connectivity index (χ4n) is 1.64. The Morgan fingerprint density at radius 2 is 1.58 bits per heavy atom. The maximum Gasteiger partial charge on any atom is 0.413 e. The van der Waals surface area contributed by atoms with Gasteiger partial charge in [-0.3, -0.25) is 5.32 Å². The summed E-state index contributed by atoms with van der Waals surface area (Å²) in [4.78, 5) is 26.2. The van der Waals surface area contributed by atoms with Gasteiger partial charge in [-0.25, -0.2) is 9.59 Å². The summed E-state index contributed by atoms with van der Waals surface area (Å²) in [5, 5.41) is 2.80. The van der Waals surface area contributed by atoms with Gasteiger partial charge in [0.1, 0.15) is 0 Å². The van der Waals surface area contributed by atoms with E-state index in [4.69, 9.17) is 21.7 Å². The number of carbonyl (C=O) groups excluding carboxylic acids is 2. The van der Waals surface area contributed by atoms with E-state index >= 15 is 0 Å². The van der Waals surface area contributed by atoms with Gasteiger partial charge in [0.25, 0.3) is 0 Å². The number of ether oxygens (including phenoxy) is 2. The van der Waals surface area contributed by atoms with Gasteiger partial charge in [-0.05, 0) is 26.1 Å². The average molecular weight is 289 g/mol. The molecular weight excluding hydrogens is 270 g/mol. The van der Waals surface area contributed by atoms with Crippen LogP contribution in [0.4, 0.5) is 9.59 Å². The summed E-state index contributed by atoms with van der Waals surface area (Å²) in [5.74, 6) is 0. The van der Waals surface area contributed by atoms with Gasteiger partial charge >= 0.3 is 12.2 Å². The molecule has 0 bridgehead atoms. The standard InChI is InChI=1S/C11H19N3O4S/c1-3-17-10(15)12-9(19)13-5-7-14(8-6-13)11(16)18-4-2/h3-8H2,1-2H3,(H,12,15,19). The van der Waals surface area contributed by atoms with Crippen LogP contribution in [0, 0.1) is 0 Å². The molecule has 1 rings (SSSR count). The first-order chi connectivity index (χ1) is 9.08. The summed E-state index contributed by atoms with van der Waals surface area (Å²) >= 11 is 5.10. The first-order valence-electron chi connectivity index (χ1n) is 6.22. The van der Waals surface area contributed by atoms with Crippen LogP contribution in [0.25, 0.3) is 0 Å². The van der Waals surface area contributed by atoms with Gasteiger partial charge in [-0.15, -0.1) is 0 Å². The lowest BCUT2D eigenvalue weighted by molar-refractivity contribution is 0.0915. The highest BCUT2D eigenvalue weighted by molar-refractivity contribution is 7.80. The molecule has 0 spiro atoms. The van der Waals surface area contributed by atoms with E-state index in [2.05, 4.69) is 5.32 Å². The Morgan fingerprint density at radius 3 is 2.11 bits per heavy atom. The number of piperazine rings is 1. The SMILES string of the molecule is CCOC(=O)NC(=S)N1CCN(C(=O)OCC)CC1. The number of hydrogen-bond donors (Lipinski definition) is 1. The van der Waals surface area contributed by atoms with Crippen molar-refractivity contribution < 1.29 is 19.1 Å². The van der Waals surface area contributed by atoms with E-state index < -0.39 is 6.09 Å². The smallest absolute Gasteiger partial charge is 0.413 e. The van der Waals surface area contributed by atoms with Crippen LogP contribution >= 0.6 is 12.2 Å². The average Bonchev–Trinajstić information content (AvgIpc) is 2.39. The highest BCUT2D eigenvalue weighted by atomic mass is 32.1. The number of thiocarbonyl (C=S) groups is 1. The van der Waals surface area contributed by atoms with Gasteiger partial charge in [0, 0.05) is 26.2 Å². The fourth-order valence-corrected chi connectivity index (χ4v) is 1.91. The molecule has 1 heterocycles. The third kappa shape index (κ3) is 4.90. The third-order valence-corrected chi connectivity index (χ3v) is 2.94. The number of nitrogens with zero attached hydrogens (tertiary/aromatic N) is 2. The lowest BCUT2D eigenvalue weighted by Gasteiger charge is -2.35. The molecular formula is C11H19N3O4S. The van der Waals surface area contributed by atoms with E-state index in [1.165, 1.54) is 0 Å². The first-order valence-corrected chi connectivity index (χ1v) is 6.63. The molecule has 19 heavy (non-hydrogen) atoms. The van der Waals surface area contributed by atoms with Crippen LogP contribution in [0.3, 0.4) is 0 Å². The molecule has 0 aromatic carbocycles. The van der Waals surface area contributed by atoms with Crippen LogP contribution in [0.1, 0.15) is 13.8 Å². The highest BCUT2D eigenvalue weighted by Gasteiger charge is 2.23. The van der Waals surface area contributed by atoms with Gasteiger partial charge in [-0.1, -0.05) is 0 Å². The minimum atomic E-state index is -0.555. The van der Waals surface area contributed by atoms with Crippen molar-refractivity contribution in [2.45, 2.75) is 13.8 Å². The maximum atomic E-state index is 11.5. The second-order valence-corrected chi connectivity index (χ2v) is 4.21. The Hall–Kier alpha value is -1.57. The molecule has 1 aliphatic heterocycles. The number of hydrogen-bond acceptors (Lipinski definition) is 5. The summed E-state index contributed by atoms with van der Waals surface area (Å²) in [6, 6.07) is 0. The predicted molar refractivity (Wildman–Crippen MR) is 72.9 cm³/mol. The molecule has 1 aliphatic rings. The molecule has 0 aromatic rings. The minimum Gasteiger partial charge on any atom is -0.450 e. The molecule has 1 N–H and O–H groups in total. The Labute approximate surface area is 117 Å². The van der Waals surface area contributed by atoms with Gasteiger partial charge in [0.2, 0.25) is 0 Å². The van der Waals surface area contributed by atoms with E-state index in [9.17, 15) is 9.59 Å². The van der Waals surface area contributed by atoms with Crippen molar-refractivity contribution in [2.24, 2.45) is 0 Å². The molecule has 2 amide bonds. The third-order valence-electron chi connectivity index (χ3n) is 2.58. The zero-order chi connectivity index (χ0) is 14.3. The van der Waals surface area contributed by atoms with Crippen molar-refractivity contribution in [3.05, 3.63) is 0 Å². The largest absolute Gasteiger partial charge is 0.450 e. The molecule has 0 aromatic heterocycles. The maximum absolute atomic E-state index is 11.5. The van der Waals surface area contributed by atoms with Crippen LogP contribution in [-0.4, -0.2) is 66.5 Å². The molecule has 0 atom stereocenters. The number of alkyl carbamates (subject to hydrolysis) is 1. The van der Waals surface area contributed by atoms with Crippen LogP contribution < -0.4 is 5.32 Å². The molecule has 0 radical (unpaired) electrons. The fraction of sp³-hybridized carbons (Fsp3) is 0.727. The summed E-state index contributed by atoms with van der Waals surface area (Å²) in [5.41, 5.74) is 0. The zero-order valence-electron chi connectivity index (χ0n) is 11.2. The topological polar surface area (TPSA) is 71.1 Å². The summed E-state index contributed by atoms with van der Waals surface area (Å²) < 4.78 is 9.67. The van der Waals surface area contributed by atoms with E-state index in [-0.39, 0.29) is 6.09 Å². The molecule has 8 heteroatoms. The Bertz CT molecular complexity index is 343. The monoisotopic (exact) mass is 289 g/mol. The van der Waals surface area contributed by atoms with Crippen LogP contribution in [0.5, 0.6) is 0 Å². The number of carbonyl (C=O) groups is 2. The minimum absolute atomic E-state index is 0.297. The molecule has 0 aliphatic carbocycles. The molecule has 1 fully saturated rings. The van der Waals surface area contributed by atoms with Crippen LogP contribution in [0.15, 0.2) is 0 Å². The quantitative estimate of drug-likeness (QED) is 0.758. The molecule has 7 nitrogen and oxygen atoms in total. The van der Waals surface area contributed by atoms with Gasteiger partial charge in [0.15, 0.2) is 5.11 Å². The van der Waals surface area contributed by atoms with Crippen molar-refractivity contribution in [2.75, 3.05) is 39.4 Å². The molecule has 0 saturated carbocycles. The van der Waals surface area contributed by atoms with E-state index in [1.807, 2.05) is 4.90 Å². The molecule has 0 unspecified atom stereocenters. The Kier molecular flexibility index (Phi) is 6.34. The number of amides is 2. The lowest BCUT2D eigenvalue weighted by Crippen LogP contribution is -2.54. The normalized spacial score (nSPS) is 14.8. The number of rotatable bonds is 2. The van der Waals surface area contributed by atoms with Crippen molar-refractivity contribution in [3.8, 4) is 0 Å². The van der Waals surface area contributed by atoms with Gasteiger partial charge in [-0.2, -0.15) is 0 Å². The predicted octanol–water partition coefficient (Wildman–Crippen LogP) is 0.792. The second kappa shape index (κ2) is 7.78. The summed E-state index contributed by atoms with van der Waals surface area (Å²) in [6.07, 6.45) is -0.869. The van der Waals surface area contributed by atoms with E-state index in [0.717, 1.165) is 0 Å². The molecule has 1 saturated heterocycles. The molecule has 108 valence electrons. The Balaban J connectivity index is 2.35. The van der Waals surface area contributed by atoms with Crippen molar-refractivity contribution in [1.29, 1.82) is 0 Å². The van der Waals surface area contributed by atoms with Gasteiger partial charge < -0.3 is 19.3 Å². The van der Waals surface area contributed by atoms with E-state index in [1.54, 1.807) is 18.7 Å². The first kappa shape index (κ1) is 15.5. The van der Waals surface area contributed by atoms with E-state index in [0.29, 0.717) is 44.5 Å². The number of nitrogens with one attached hydrogen (secondary N) is 1. The second-order valence-electron chi connectivity index (χ2n) is 3.82. The van der Waals surface area contributed by atoms with Crippen molar-refractivity contribution in [1.82, 2.24) is 15.1 Å². The summed E-state index contributed by atoms with van der Waals surface area (Å²) in [6.45, 7) is 6.31. The van der Waals surface area contributed by atoms with Crippen LogP contribution in [0.2, 0.25) is 0 Å². The highest BCUT2D eigenvalue weighted by Crippen LogP contribution is 2.04. The Morgan fingerprint density at radius 1 is 1.05 bits per heavy atom. The zero-order valence-corrected chi connectivity index (χ0v) is 12.0. The lowest BCUT2D eigenvalue weighted by atomic mass is 10.3. The van der Waals surface area contributed by atoms with Crippen molar-refractivity contribution in [3.63, 3.8) is 0 Å². The van der Waals surface area contributed by atoms with Gasteiger partial charge in [0.05, 0.1) is 13.2 Å². The van der Waals surface area contributed by atoms with Crippen LogP contribution in [-0.2, 0) is 9.47 Å². The summed E-state index contributed by atoms with van der Waals surface area (Å²) in [7, 11) is 0.